The summed E-state index contributed by atoms with van der Waals surface area (Å²) in [5.41, 5.74) is 12.3. The lowest BCUT2D eigenvalue weighted by atomic mass is 10.2. The van der Waals surface area contributed by atoms with E-state index in [0.717, 1.165) is 16.9 Å². The molecule has 0 atom stereocenters. The molecule has 0 aliphatic rings. The molecule has 0 amide bonds. The van der Waals surface area contributed by atoms with Crippen LogP contribution in [0.4, 0.5) is 0 Å². The molecule has 4 N–H and O–H groups in total. The molecule has 5 nitrogen and oxygen atoms in total. The number of hydrogen-bond acceptors (Lipinski definition) is 3. The number of guanidine groups is 1. The third-order valence-corrected chi connectivity index (χ3v) is 2.81. The maximum atomic E-state index is 5.84. The summed E-state index contributed by atoms with van der Waals surface area (Å²) in [6.45, 7) is 0.464. The Bertz CT molecular complexity index is 653. The van der Waals surface area contributed by atoms with Gasteiger partial charge < -0.3 is 16.2 Å². The highest BCUT2D eigenvalue weighted by molar-refractivity contribution is 6.30. The van der Waals surface area contributed by atoms with Gasteiger partial charge >= 0.3 is 0 Å². The van der Waals surface area contributed by atoms with Crippen molar-refractivity contribution in [2.24, 2.45) is 21.7 Å². The first kappa shape index (κ1) is 17.8. The number of rotatable bonds is 5. The Morgan fingerprint density at radius 3 is 2.55 bits per heavy atom. The van der Waals surface area contributed by atoms with Gasteiger partial charge in [0.1, 0.15) is 12.4 Å². The predicted octanol–water partition coefficient (Wildman–Crippen LogP) is 2.95. The van der Waals surface area contributed by atoms with Crippen LogP contribution in [0.2, 0.25) is 5.02 Å². The maximum Gasteiger partial charge on any atom is 0.211 e. The van der Waals surface area contributed by atoms with Crippen molar-refractivity contribution in [1.29, 1.82) is 0 Å². The average molecular weight is 339 g/mol. The standard InChI is InChI=1S/C15H15ClN4O.ClH/c16-13-6-4-11(5-7-13)10-21-14-3-1-2-12(8-14)9-19-20-15(17)18;/h1-9H,10H2,(H4,17,18,20);1H/b19-9-;. The highest BCUT2D eigenvalue weighted by Crippen LogP contribution is 2.15. The van der Waals surface area contributed by atoms with Crippen molar-refractivity contribution < 1.29 is 4.74 Å². The molecule has 7 heteroatoms. The van der Waals surface area contributed by atoms with Crippen LogP contribution in [0.15, 0.2) is 58.7 Å². The maximum absolute atomic E-state index is 5.84. The molecule has 0 saturated carbocycles. The summed E-state index contributed by atoms with van der Waals surface area (Å²) < 4.78 is 5.71. The molecular weight excluding hydrogens is 323 g/mol. The Morgan fingerprint density at radius 1 is 1.14 bits per heavy atom. The molecule has 0 heterocycles. The fourth-order valence-corrected chi connectivity index (χ4v) is 1.72. The summed E-state index contributed by atoms with van der Waals surface area (Å²) in [6, 6.07) is 15.0. The molecule has 2 aromatic carbocycles. The molecule has 0 aliphatic heterocycles. The van der Waals surface area contributed by atoms with E-state index in [1.165, 1.54) is 0 Å². The van der Waals surface area contributed by atoms with E-state index in [0.29, 0.717) is 11.6 Å². The molecule has 0 radical (unpaired) electrons. The molecule has 2 rings (SSSR count). The van der Waals surface area contributed by atoms with E-state index >= 15 is 0 Å². The smallest absolute Gasteiger partial charge is 0.211 e. The average Bonchev–Trinajstić information content (AvgIpc) is 2.47. The van der Waals surface area contributed by atoms with Crippen molar-refractivity contribution in [2.45, 2.75) is 6.61 Å². The Kier molecular flexibility index (Phi) is 7.22. The zero-order valence-electron chi connectivity index (χ0n) is 11.6. The highest BCUT2D eigenvalue weighted by atomic mass is 35.5. The second kappa shape index (κ2) is 8.92. The van der Waals surface area contributed by atoms with Crippen LogP contribution in [0.3, 0.4) is 0 Å². The molecule has 0 saturated heterocycles. The van der Waals surface area contributed by atoms with E-state index in [1.54, 1.807) is 6.21 Å². The second-order valence-corrected chi connectivity index (χ2v) is 4.69. The first-order valence-electron chi connectivity index (χ1n) is 6.23. The summed E-state index contributed by atoms with van der Waals surface area (Å²) in [6.07, 6.45) is 1.55. The lowest BCUT2D eigenvalue weighted by molar-refractivity contribution is 0.306. The van der Waals surface area contributed by atoms with Gasteiger partial charge in [0.15, 0.2) is 0 Å². The number of nitrogens with zero attached hydrogens (tertiary/aromatic N) is 2. The first-order valence-corrected chi connectivity index (χ1v) is 6.60. The quantitative estimate of drug-likeness (QED) is 0.499. The van der Waals surface area contributed by atoms with Crippen molar-refractivity contribution in [3.63, 3.8) is 0 Å². The third kappa shape index (κ3) is 6.03. The van der Waals surface area contributed by atoms with Crippen molar-refractivity contribution in [1.82, 2.24) is 0 Å². The number of benzene rings is 2. The largest absolute Gasteiger partial charge is 0.489 e. The van der Waals surface area contributed by atoms with Crippen LogP contribution in [0.5, 0.6) is 5.75 Å². The van der Waals surface area contributed by atoms with Gasteiger partial charge in [-0.2, -0.15) is 5.10 Å². The van der Waals surface area contributed by atoms with E-state index in [-0.39, 0.29) is 18.4 Å². The van der Waals surface area contributed by atoms with Crippen LogP contribution in [0.1, 0.15) is 11.1 Å². The predicted molar refractivity (Wildman–Crippen MR) is 92.9 cm³/mol. The monoisotopic (exact) mass is 338 g/mol. The van der Waals surface area contributed by atoms with Gasteiger partial charge in [-0.25, -0.2) is 0 Å². The SMILES string of the molecule is Cl.NC(N)=N/N=C\c1cccc(OCc2ccc(Cl)cc2)c1. The molecule has 22 heavy (non-hydrogen) atoms. The fraction of sp³-hybridized carbons (Fsp3) is 0.0667. The minimum absolute atomic E-state index is 0. The van der Waals surface area contributed by atoms with Gasteiger partial charge in [-0.1, -0.05) is 35.9 Å². The summed E-state index contributed by atoms with van der Waals surface area (Å²) >= 11 is 5.84. The number of halogens is 2. The van der Waals surface area contributed by atoms with E-state index < -0.39 is 0 Å². The molecule has 0 fully saturated rings. The Hall–Kier alpha value is -2.24. The molecule has 0 aliphatic carbocycles. The van der Waals surface area contributed by atoms with E-state index in [1.807, 2.05) is 48.5 Å². The summed E-state index contributed by atoms with van der Waals surface area (Å²) in [5.74, 6) is 0.653. The van der Waals surface area contributed by atoms with Gasteiger partial charge in [0.2, 0.25) is 5.96 Å². The summed E-state index contributed by atoms with van der Waals surface area (Å²) in [4.78, 5) is 0. The van der Waals surface area contributed by atoms with Crippen LogP contribution in [-0.2, 0) is 6.61 Å². The van der Waals surface area contributed by atoms with Gasteiger partial charge in [-0.05, 0) is 35.4 Å². The minimum atomic E-state index is -0.0820. The van der Waals surface area contributed by atoms with Crippen molar-refractivity contribution in [3.8, 4) is 5.75 Å². The van der Waals surface area contributed by atoms with Crippen LogP contribution < -0.4 is 16.2 Å². The highest BCUT2D eigenvalue weighted by Gasteiger charge is 1.97. The first-order chi connectivity index (χ1) is 10.1. The Morgan fingerprint density at radius 2 is 1.86 bits per heavy atom. The third-order valence-electron chi connectivity index (χ3n) is 2.56. The lowest BCUT2D eigenvalue weighted by Crippen LogP contribution is -2.21. The molecule has 0 spiro atoms. The van der Waals surface area contributed by atoms with Gasteiger partial charge in [0, 0.05) is 5.02 Å². The molecule has 2 aromatic rings. The van der Waals surface area contributed by atoms with Gasteiger partial charge in [-0.3, -0.25) is 0 Å². The summed E-state index contributed by atoms with van der Waals surface area (Å²) in [5, 5.41) is 8.00. The van der Waals surface area contributed by atoms with E-state index in [4.69, 9.17) is 27.8 Å². The van der Waals surface area contributed by atoms with Crippen LogP contribution in [0, 0.1) is 0 Å². The molecule has 0 bridgehead atoms. The zero-order chi connectivity index (χ0) is 15.1. The van der Waals surface area contributed by atoms with E-state index in [9.17, 15) is 0 Å². The van der Waals surface area contributed by atoms with Crippen LogP contribution in [0.25, 0.3) is 0 Å². The number of hydrogen-bond donors (Lipinski definition) is 2. The number of ether oxygens (including phenoxy) is 1. The molecular formula is C15H16Cl2N4O. The minimum Gasteiger partial charge on any atom is -0.489 e. The summed E-state index contributed by atoms with van der Waals surface area (Å²) in [7, 11) is 0. The second-order valence-electron chi connectivity index (χ2n) is 4.26. The van der Waals surface area contributed by atoms with Crippen LogP contribution in [-0.4, -0.2) is 12.2 Å². The molecule has 0 aromatic heterocycles. The zero-order valence-corrected chi connectivity index (χ0v) is 13.2. The fourth-order valence-electron chi connectivity index (χ4n) is 1.59. The lowest BCUT2D eigenvalue weighted by Gasteiger charge is -2.06. The molecule has 116 valence electrons. The van der Waals surface area contributed by atoms with Crippen molar-refractivity contribution >= 4 is 36.2 Å². The van der Waals surface area contributed by atoms with Gasteiger partial charge in [0.25, 0.3) is 0 Å². The number of nitrogens with two attached hydrogens (primary N) is 2. The Balaban J connectivity index is 0.00000242. The van der Waals surface area contributed by atoms with Gasteiger partial charge in [-0.15, -0.1) is 17.5 Å². The topological polar surface area (TPSA) is 86.0 Å². The van der Waals surface area contributed by atoms with Crippen LogP contribution >= 0.6 is 24.0 Å². The normalized spacial score (nSPS) is 10.0. The van der Waals surface area contributed by atoms with Crippen molar-refractivity contribution in [3.05, 3.63) is 64.7 Å². The Labute approximate surface area is 140 Å². The van der Waals surface area contributed by atoms with Crippen molar-refractivity contribution in [2.75, 3.05) is 0 Å². The van der Waals surface area contributed by atoms with E-state index in [2.05, 4.69) is 10.2 Å². The molecule has 0 unspecified atom stereocenters. The van der Waals surface area contributed by atoms with Gasteiger partial charge in [0.05, 0.1) is 6.21 Å².